The standard InChI is InChI=1S/C44H26F3I3N14O4S/c1-16-6-17(64-68-16)9-55-38-18-2-3-51-10-21(18)29-36(60-38)31(49)35(62-42(29)66)26-8-20-23(12-54-26)30-37(61-40(20)58-15-44(45,46)47)32(50)34(63-43(30)67)25-7-19-22(11-53-25)28-33(24(48)13-57-41(28)65)59-39(19)56-14-27-52-4-5-69-27/h2-8,10-13H,9,14-15H2,1H3,(H,55,60)(H,56,59)(H,57,65)(H,58,61)(H,62,66)(H,63,67). The number of nitrogens with one attached hydrogen (secondary N) is 6. The van der Waals surface area contributed by atoms with Crippen LogP contribution >= 0.6 is 79.1 Å². The molecule has 0 aliphatic heterocycles. The van der Waals surface area contributed by atoms with E-state index in [0.29, 0.717) is 78.3 Å². The van der Waals surface area contributed by atoms with Crippen LogP contribution in [0.4, 0.5) is 30.6 Å². The molecule has 0 aliphatic rings. The van der Waals surface area contributed by atoms with Crippen molar-refractivity contribution < 1.29 is 17.7 Å². The number of nitrogens with zero attached hydrogens (tertiary/aromatic N) is 8. The number of alkyl halides is 3. The molecule has 0 radical (unpaired) electrons. The minimum Gasteiger partial charge on any atom is -0.364 e. The van der Waals surface area contributed by atoms with E-state index in [9.17, 15) is 27.6 Å². The number of fused-ring (bicyclic) bond motifs is 9. The van der Waals surface area contributed by atoms with Crippen molar-refractivity contribution in [2.75, 3.05) is 22.5 Å². The van der Waals surface area contributed by atoms with Gasteiger partial charge in [-0.25, -0.2) is 19.9 Å². The smallest absolute Gasteiger partial charge is 0.364 e. The van der Waals surface area contributed by atoms with Crippen LogP contribution in [0.5, 0.6) is 0 Å². The lowest BCUT2D eigenvalue weighted by molar-refractivity contribution is -0.115. The van der Waals surface area contributed by atoms with Crippen molar-refractivity contribution in [2.45, 2.75) is 26.2 Å². The van der Waals surface area contributed by atoms with E-state index in [0.717, 1.165) is 5.01 Å². The van der Waals surface area contributed by atoms with Gasteiger partial charge in [0.2, 0.25) is 0 Å². The molecule has 0 aromatic carbocycles. The number of hydrogen-bond acceptors (Lipinski definition) is 16. The Morgan fingerprint density at radius 2 is 1.26 bits per heavy atom. The molecule has 11 aromatic heterocycles. The van der Waals surface area contributed by atoms with Gasteiger partial charge >= 0.3 is 6.18 Å². The summed E-state index contributed by atoms with van der Waals surface area (Å²) in [7, 11) is 0. The molecule has 0 saturated heterocycles. The molecule has 11 aromatic rings. The second kappa shape index (κ2) is 17.5. The van der Waals surface area contributed by atoms with Gasteiger partial charge in [-0.2, -0.15) is 13.2 Å². The zero-order chi connectivity index (χ0) is 47.9. The van der Waals surface area contributed by atoms with Crippen LogP contribution in [0, 0.1) is 17.6 Å². The van der Waals surface area contributed by atoms with E-state index in [1.165, 1.54) is 29.8 Å². The van der Waals surface area contributed by atoms with E-state index in [1.807, 2.05) is 50.6 Å². The maximum absolute atomic E-state index is 14.4. The Balaban J connectivity index is 1.07. The lowest BCUT2D eigenvalue weighted by Crippen LogP contribution is -2.22. The molecule has 11 heterocycles. The van der Waals surface area contributed by atoms with Crippen molar-refractivity contribution in [2.24, 2.45) is 0 Å². The van der Waals surface area contributed by atoms with Crippen molar-refractivity contribution >= 4 is 162 Å². The molecule has 0 fully saturated rings. The molecule has 25 heteroatoms. The third-order valence-electron chi connectivity index (χ3n) is 11.1. The topological polar surface area (TPSA) is 251 Å². The zero-order valence-electron chi connectivity index (χ0n) is 34.9. The molecule has 0 atom stereocenters. The summed E-state index contributed by atoms with van der Waals surface area (Å²) in [6, 6.07) is 6.67. The molecular formula is C44H26F3I3N14O4S. The number of hydrogen-bond donors (Lipinski definition) is 6. The first kappa shape index (κ1) is 45.0. The van der Waals surface area contributed by atoms with Crippen LogP contribution in [-0.4, -0.2) is 67.7 Å². The van der Waals surface area contributed by atoms with Gasteiger partial charge in [0.15, 0.2) is 0 Å². The molecule has 0 spiro atoms. The predicted molar refractivity (Wildman–Crippen MR) is 282 cm³/mol. The minimum atomic E-state index is -4.65. The van der Waals surface area contributed by atoms with Crippen molar-refractivity contribution in [1.29, 1.82) is 0 Å². The van der Waals surface area contributed by atoms with Gasteiger partial charge in [0.05, 0.1) is 79.3 Å². The Kier molecular flexibility index (Phi) is 11.4. The maximum Gasteiger partial charge on any atom is 0.405 e. The summed E-state index contributed by atoms with van der Waals surface area (Å²) in [5, 5.41) is 18.9. The first-order valence-electron chi connectivity index (χ1n) is 20.4. The van der Waals surface area contributed by atoms with Crippen molar-refractivity contribution in [3.63, 3.8) is 0 Å². The van der Waals surface area contributed by atoms with Crippen LogP contribution in [0.2, 0.25) is 0 Å². The number of halogens is 6. The highest BCUT2D eigenvalue weighted by Crippen LogP contribution is 2.39. The fraction of sp³-hybridized carbons (Fsp3) is 0.114. The van der Waals surface area contributed by atoms with E-state index in [-0.39, 0.29) is 67.8 Å². The van der Waals surface area contributed by atoms with Gasteiger partial charge in [0.25, 0.3) is 16.7 Å². The summed E-state index contributed by atoms with van der Waals surface area (Å²) in [4.78, 5) is 82.6. The first-order chi connectivity index (χ1) is 33.2. The Bertz CT molecular complexity index is 4130. The normalized spacial score (nSPS) is 12.0. The van der Waals surface area contributed by atoms with Crippen LogP contribution in [-0.2, 0) is 13.1 Å². The lowest BCUT2D eigenvalue weighted by Gasteiger charge is -2.16. The van der Waals surface area contributed by atoms with Crippen LogP contribution < -0.4 is 32.6 Å². The molecule has 6 N–H and O–H groups in total. The number of aromatic amines is 3. The maximum atomic E-state index is 14.4. The van der Waals surface area contributed by atoms with Crippen molar-refractivity contribution in [1.82, 2.24) is 55.0 Å². The molecule has 0 bridgehead atoms. The van der Waals surface area contributed by atoms with E-state index >= 15 is 0 Å². The fourth-order valence-corrected chi connectivity index (χ4v) is 10.8. The third-order valence-corrected chi connectivity index (χ3v) is 14.8. The lowest BCUT2D eigenvalue weighted by atomic mass is 10.0. The van der Waals surface area contributed by atoms with Crippen LogP contribution in [0.1, 0.15) is 16.5 Å². The highest BCUT2D eigenvalue weighted by molar-refractivity contribution is 14.1. The summed E-state index contributed by atoms with van der Waals surface area (Å²) < 4.78 is 48.6. The summed E-state index contributed by atoms with van der Waals surface area (Å²) >= 11 is 7.58. The number of pyridine rings is 9. The van der Waals surface area contributed by atoms with Crippen molar-refractivity contribution in [3.8, 4) is 22.8 Å². The zero-order valence-corrected chi connectivity index (χ0v) is 42.1. The first-order valence-corrected chi connectivity index (χ1v) is 24.5. The second-order valence-electron chi connectivity index (χ2n) is 15.5. The third kappa shape index (κ3) is 8.15. The molecule has 11 rings (SSSR count). The Morgan fingerprint density at radius 1 is 0.681 bits per heavy atom. The Morgan fingerprint density at radius 3 is 1.86 bits per heavy atom. The highest BCUT2D eigenvalue weighted by atomic mass is 127. The van der Waals surface area contributed by atoms with Gasteiger partial charge in [-0.15, -0.1) is 11.3 Å². The summed E-state index contributed by atoms with van der Waals surface area (Å²) in [5.41, 5.74) is 0.872. The molecule has 0 aliphatic carbocycles. The summed E-state index contributed by atoms with van der Waals surface area (Å²) in [6.07, 6.45) is 4.66. The molecular weight excluding hydrogens is 1260 g/mol. The van der Waals surface area contributed by atoms with Gasteiger partial charge in [0, 0.05) is 80.9 Å². The molecule has 0 saturated carbocycles. The number of aryl methyl sites for hydroxylation is 1. The monoisotopic (exact) mass is 1280 g/mol. The molecule has 344 valence electrons. The molecule has 0 amide bonds. The van der Waals surface area contributed by atoms with E-state index in [4.69, 9.17) is 19.5 Å². The molecule has 18 nitrogen and oxygen atoms in total. The van der Waals surface area contributed by atoms with E-state index in [1.54, 1.807) is 49.9 Å². The minimum absolute atomic E-state index is 0.0514. The number of aromatic nitrogens is 11. The number of rotatable bonds is 10. The average molecular weight is 1280 g/mol. The van der Waals surface area contributed by atoms with Crippen molar-refractivity contribution in [3.05, 3.63) is 125 Å². The predicted octanol–water partition coefficient (Wildman–Crippen LogP) is 9.14. The quantitative estimate of drug-likeness (QED) is 0.0552. The number of anilines is 3. The van der Waals surface area contributed by atoms with Gasteiger partial charge in [0.1, 0.15) is 40.5 Å². The van der Waals surface area contributed by atoms with Gasteiger partial charge in [-0.3, -0.25) is 29.3 Å². The molecule has 0 unspecified atom stereocenters. The highest BCUT2D eigenvalue weighted by Gasteiger charge is 2.29. The summed E-state index contributed by atoms with van der Waals surface area (Å²) in [5.74, 6) is 1.32. The van der Waals surface area contributed by atoms with E-state index < -0.39 is 23.8 Å². The fourth-order valence-electron chi connectivity index (χ4n) is 8.11. The van der Waals surface area contributed by atoms with Crippen LogP contribution in [0.25, 0.3) is 87.8 Å². The van der Waals surface area contributed by atoms with Crippen LogP contribution in [0.3, 0.4) is 0 Å². The average Bonchev–Trinajstić information content (AvgIpc) is 4.03. The Labute approximate surface area is 427 Å². The van der Waals surface area contributed by atoms with E-state index in [2.05, 4.69) is 78.6 Å². The molecule has 69 heavy (non-hydrogen) atoms. The van der Waals surface area contributed by atoms with Crippen LogP contribution in [0.15, 0.2) is 85.7 Å². The van der Waals surface area contributed by atoms with Gasteiger partial charge in [-0.1, -0.05) is 5.16 Å². The largest absolute Gasteiger partial charge is 0.405 e. The Hall–Kier alpha value is -6.47. The number of H-pyrrole nitrogens is 3. The SMILES string of the molecule is Cc1cc(CNc2nc3c(I)c(-c4cc5c(NCC(F)(F)F)nc6c(I)c(-c7cc8c(NCc9nccs9)nc9c(I)c[nH]c(=O)c9c8cn7)[nH]c(=O)c6c5cn4)[nH]c(=O)c3c3cnccc23)no1. The van der Waals surface area contributed by atoms with Gasteiger partial charge < -0.3 is 35.4 Å². The number of thiazole rings is 1. The summed E-state index contributed by atoms with van der Waals surface area (Å²) in [6.45, 7) is 0.926. The second-order valence-corrected chi connectivity index (χ2v) is 19.8. The van der Waals surface area contributed by atoms with Gasteiger partial charge in [-0.05, 0) is 92.9 Å².